The third kappa shape index (κ3) is 2.66. The zero-order valence-electron chi connectivity index (χ0n) is 11.5. The molecule has 5 heteroatoms. The second-order valence-corrected chi connectivity index (χ2v) is 5.60. The van der Waals surface area contributed by atoms with Gasteiger partial charge in [0.05, 0.1) is 5.41 Å². The van der Waals surface area contributed by atoms with Crippen LogP contribution in [0.5, 0.6) is 0 Å². The number of carbonyl (C=O) groups excluding carboxylic acids is 1. The number of aliphatic carboxylic acids is 1. The summed E-state index contributed by atoms with van der Waals surface area (Å²) in [4.78, 5) is 25.3. The maximum Gasteiger partial charge on any atom is 0.311 e. The Morgan fingerprint density at radius 1 is 1.39 bits per heavy atom. The van der Waals surface area contributed by atoms with Gasteiger partial charge >= 0.3 is 5.97 Å². The fourth-order valence-corrected chi connectivity index (χ4v) is 2.60. The predicted octanol–water partition coefficient (Wildman–Crippen LogP) is 0.931. The fourth-order valence-electron chi connectivity index (χ4n) is 2.60. The van der Waals surface area contributed by atoms with Crippen molar-refractivity contribution in [1.82, 2.24) is 4.90 Å². The zero-order chi connectivity index (χ0) is 13.9. The molecule has 5 nitrogen and oxygen atoms in total. The third-order valence-electron chi connectivity index (χ3n) is 4.16. The lowest BCUT2D eigenvalue weighted by atomic mass is 9.76. The number of rotatable bonds is 5. The van der Waals surface area contributed by atoms with E-state index in [2.05, 4.69) is 0 Å². The minimum absolute atomic E-state index is 0.0256. The molecule has 1 rings (SSSR count). The van der Waals surface area contributed by atoms with Crippen LogP contribution in [0.25, 0.3) is 0 Å². The predicted molar refractivity (Wildman–Crippen MR) is 68.9 cm³/mol. The summed E-state index contributed by atoms with van der Waals surface area (Å²) < 4.78 is 0. The molecule has 0 saturated carbocycles. The van der Waals surface area contributed by atoms with Crippen molar-refractivity contribution >= 4 is 11.9 Å². The number of hydrogen-bond acceptors (Lipinski definition) is 3. The van der Waals surface area contributed by atoms with Gasteiger partial charge in [-0.2, -0.15) is 0 Å². The number of carboxylic acid groups (broad SMARTS) is 1. The van der Waals surface area contributed by atoms with Crippen LogP contribution in [0.4, 0.5) is 0 Å². The SMILES string of the molecule is CC(CCN)C(=O)N1CCC(C(=O)O)(C(C)C)C1. The van der Waals surface area contributed by atoms with Crippen LogP contribution in [0.15, 0.2) is 0 Å². The smallest absolute Gasteiger partial charge is 0.311 e. The van der Waals surface area contributed by atoms with E-state index in [9.17, 15) is 14.7 Å². The number of carboxylic acids is 1. The van der Waals surface area contributed by atoms with E-state index in [4.69, 9.17) is 5.73 Å². The lowest BCUT2D eigenvalue weighted by molar-refractivity contribution is -0.151. The van der Waals surface area contributed by atoms with Crippen LogP contribution in [-0.2, 0) is 9.59 Å². The van der Waals surface area contributed by atoms with Gasteiger partial charge in [0.1, 0.15) is 0 Å². The summed E-state index contributed by atoms with van der Waals surface area (Å²) in [5.41, 5.74) is 4.67. The largest absolute Gasteiger partial charge is 0.481 e. The summed E-state index contributed by atoms with van der Waals surface area (Å²) in [6.07, 6.45) is 1.19. The molecule has 1 aliphatic heterocycles. The molecule has 0 aliphatic carbocycles. The molecule has 0 radical (unpaired) electrons. The van der Waals surface area contributed by atoms with Gasteiger partial charge in [0.2, 0.25) is 5.91 Å². The van der Waals surface area contributed by atoms with Crippen LogP contribution >= 0.6 is 0 Å². The minimum atomic E-state index is -0.792. The van der Waals surface area contributed by atoms with Gasteiger partial charge in [-0.05, 0) is 25.3 Å². The van der Waals surface area contributed by atoms with Gasteiger partial charge in [0.25, 0.3) is 0 Å². The molecule has 3 N–H and O–H groups in total. The van der Waals surface area contributed by atoms with Gasteiger partial charge in [-0.3, -0.25) is 9.59 Å². The summed E-state index contributed by atoms with van der Waals surface area (Å²) in [7, 11) is 0. The molecule has 0 spiro atoms. The Morgan fingerprint density at radius 2 is 2.00 bits per heavy atom. The summed E-state index contributed by atoms with van der Waals surface area (Å²) in [5.74, 6) is -0.854. The normalized spacial score (nSPS) is 25.5. The molecule has 0 aromatic rings. The molecule has 1 heterocycles. The molecule has 0 bridgehead atoms. The van der Waals surface area contributed by atoms with Crippen molar-refractivity contribution in [2.24, 2.45) is 23.0 Å². The molecule has 1 amide bonds. The molecule has 18 heavy (non-hydrogen) atoms. The van der Waals surface area contributed by atoms with Crippen molar-refractivity contribution in [3.8, 4) is 0 Å². The monoisotopic (exact) mass is 256 g/mol. The van der Waals surface area contributed by atoms with E-state index < -0.39 is 11.4 Å². The van der Waals surface area contributed by atoms with Gasteiger partial charge < -0.3 is 15.7 Å². The van der Waals surface area contributed by atoms with E-state index in [0.717, 1.165) is 0 Å². The standard InChI is InChI=1S/C13H24N2O3/c1-9(2)13(12(17)18)5-7-15(8-13)11(16)10(3)4-6-14/h9-10H,4-8,14H2,1-3H3,(H,17,18). The van der Waals surface area contributed by atoms with Crippen molar-refractivity contribution in [3.05, 3.63) is 0 Å². The van der Waals surface area contributed by atoms with Gasteiger partial charge in [-0.25, -0.2) is 0 Å². The molecule has 1 fully saturated rings. The number of nitrogens with zero attached hydrogens (tertiary/aromatic N) is 1. The molecule has 1 aliphatic rings. The minimum Gasteiger partial charge on any atom is -0.481 e. The van der Waals surface area contributed by atoms with Gasteiger partial charge in [-0.1, -0.05) is 20.8 Å². The lowest BCUT2D eigenvalue weighted by Gasteiger charge is -2.29. The van der Waals surface area contributed by atoms with Crippen LogP contribution < -0.4 is 5.73 Å². The highest BCUT2D eigenvalue weighted by Gasteiger charge is 2.48. The molecule has 2 atom stereocenters. The average molecular weight is 256 g/mol. The second kappa shape index (κ2) is 5.69. The first-order valence-electron chi connectivity index (χ1n) is 6.57. The van der Waals surface area contributed by atoms with Crippen LogP contribution in [0.3, 0.4) is 0 Å². The summed E-state index contributed by atoms with van der Waals surface area (Å²) in [6, 6.07) is 0. The molecular weight excluding hydrogens is 232 g/mol. The topological polar surface area (TPSA) is 83.6 Å². The first kappa shape index (κ1) is 15.0. The highest BCUT2D eigenvalue weighted by atomic mass is 16.4. The fraction of sp³-hybridized carbons (Fsp3) is 0.846. The Hall–Kier alpha value is -1.10. The van der Waals surface area contributed by atoms with Crippen molar-refractivity contribution in [2.75, 3.05) is 19.6 Å². The van der Waals surface area contributed by atoms with E-state index in [1.165, 1.54) is 0 Å². The van der Waals surface area contributed by atoms with E-state index in [1.54, 1.807) is 4.90 Å². The van der Waals surface area contributed by atoms with Gasteiger partial charge in [-0.15, -0.1) is 0 Å². The maximum absolute atomic E-state index is 12.1. The number of carbonyl (C=O) groups is 2. The van der Waals surface area contributed by atoms with Crippen LogP contribution in [0.2, 0.25) is 0 Å². The Balaban J connectivity index is 2.75. The summed E-state index contributed by atoms with van der Waals surface area (Å²) >= 11 is 0. The van der Waals surface area contributed by atoms with Crippen molar-refractivity contribution in [1.29, 1.82) is 0 Å². The maximum atomic E-state index is 12.1. The number of likely N-dealkylation sites (tertiary alicyclic amines) is 1. The highest BCUT2D eigenvalue weighted by molar-refractivity contribution is 5.82. The van der Waals surface area contributed by atoms with E-state index in [1.807, 2.05) is 20.8 Å². The molecular formula is C13H24N2O3. The first-order chi connectivity index (χ1) is 8.35. The average Bonchev–Trinajstić information content (AvgIpc) is 2.74. The van der Waals surface area contributed by atoms with E-state index in [0.29, 0.717) is 32.5 Å². The number of amides is 1. The second-order valence-electron chi connectivity index (χ2n) is 5.60. The Bertz CT molecular complexity index is 330. The molecule has 1 saturated heterocycles. The van der Waals surface area contributed by atoms with E-state index >= 15 is 0 Å². The highest BCUT2D eigenvalue weighted by Crippen LogP contribution is 2.38. The van der Waals surface area contributed by atoms with Crippen LogP contribution in [-0.4, -0.2) is 41.5 Å². The zero-order valence-corrected chi connectivity index (χ0v) is 11.5. The quantitative estimate of drug-likeness (QED) is 0.766. The van der Waals surface area contributed by atoms with E-state index in [-0.39, 0.29) is 17.7 Å². The van der Waals surface area contributed by atoms with Gasteiger partial charge in [0.15, 0.2) is 0 Å². The lowest BCUT2D eigenvalue weighted by Crippen LogP contribution is -2.42. The molecule has 0 aromatic heterocycles. The number of nitrogens with two attached hydrogens (primary N) is 1. The molecule has 0 aromatic carbocycles. The van der Waals surface area contributed by atoms with Crippen LogP contribution in [0, 0.1) is 17.3 Å². The first-order valence-corrected chi connectivity index (χ1v) is 6.57. The summed E-state index contributed by atoms with van der Waals surface area (Å²) in [5, 5.41) is 9.42. The Labute approximate surface area is 108 Å². The van der Waals surface area contributed by atoms with Crippen molar-refractivity contribution in [2.45, 2.75) is 33.6 Å². The number of hydrogen-bond donors (Lipinski definition) is 2. The summed E-state index contributed by atoms with van der Waals surface area (Å²) in [6.45, 7) is 7.02. The Kier molecular flexibility index (Phi) is 4.73. The Morgan fingerprint density at radius 3 is 2.39 bits per heavy atom. The van der Waals surface area contributed by atoms with Crippen LogP contribution in [0.1, 0.15) is 33.6 Å². The van der Waals surface area contributed by atoms with Crippen molar-refractivity contribution in [3.63, 3.8) is 0 Å². The van der Waals surface area contributed by atoms with Crippen molar-refractivity contribution < 1.29 is 14.7 Å². The van der Waals surface area contributed by atoms with Gasteiger partial charge in [0, 0.05) is 19.0 Å². The molecule has 104 valence electrons. The molecule has 2 unspecified atom stereocenters. The third-order valence-corrected chi connectivity index (χ3v) is 4.16.